The monoisotopic (exact) mass is 233 g/mol. The molecule has 0 saturated carbocycles. The summed E-state index contributed by atoms with van der Waals surface area (Å²) in [7, 11) is 0. The maximum atomic E-state index is 10.9. The van der Waals surface area contributed by atoms with Gasteiger partial charge in [-0.25, -0.2) is 4.79 Å². The van der Waals surface area contributed by atoms with Crippen LogP contribution in [0.4, 0.5) is 5.69 Å². The van der Waals surface area contributed by atoms with Crippen LogP contribution in [0.25, 0.3) is 0 Å². The summed E-state index contributed by atoms with van der Waals surface area (Å²) in [6, 6.07) is 5.33. The summed E-state index contributed by atoms with van der Waals surface area (Å²) in [6.07, 6.45) is 0.951. The van der Waals surface area contributed by atoms with E-state index in [1.54, 1.807) is 12.1 Å². The van der Waals surface area contributed by atoms with E-state index in [1.807, 2.05) is 6.07 Å². The molecular formula is C14H19NO2. The lowest BCUT2D eigenvalue weighted by molar-refractivity contribution is 0.0696. The van der Waals surface area contributed by atoms with Gasteiger partial charge in [0, 0.05) is 12.2 Å². The first kappa shape index (κ1) is 12.0. The predicted molar refractivity (Wildman–Crippen MR) is 68.5 cm³/mol. The fraction of sp³-hybridized carbons (Fsp3) is 0.500. The van der Waals surface area contributed by atoms with Gasteiger partial charge in [-0.2, -0.15) is 0 Å². The van der Waals surface area contributed by atoms with Gasteiger partial charge in [0.15, 0.2) is 0 Å². The molecule has 92 valence electrons. The van der Waals surface area contributed by atoms with Gasteiger partial charge < -0.3 is 10.4 Å². The zero-order chi connectivity index (χ0) is 12.6. The quantitative estimate of drug-likeness (QED) is 0.784. The summed E-state index contributed by atoms with van der Waals surface area (Å²) >= 11 is 0. The summed E-state index contributed by atoms with van der Waals surface area (Å²) in [6.45, 7) is 7.64. The first-order valence-corrected chi connectivity index (χ1v) is 5.98. The minimum absolute atomic E-state index is 0.240. The molecule has 0 aromatic heterocycles. The van der Waals surface area contributed by atoms with E-state index >= 15 is 0 Å². The molecule has 17 heavy (non-hydrogen) atoms. The molecule has 2 rings (SSSR count). The third-order valence-corrected chi connectivity index (χ3v) is 3.58. The average molecular weight is 233 g/mol. The second-order valence-corrected chi connectivity index (χ2v) is 5.83. The van der Waals surface area contributed by atoms with Gasteiger partial charge in [0.25, 0.3) is 0 Å². The summed E-state index contributed by atoms with van der Waals surface area (Å²) in [5.74, 6) is -0.315. The molecule has 1 aliphatic rings. The Labute approximate surface area is 102 Å². The van der Waals surface area contributed by atoms with Crippen molar-refractivity contribution in [3.8, 4) is 0 Å². The molecule has 1 aromatic rings. The molecule has 0 radical (unpaired) electrons. The second-order valence-electron chi connectivity index (χ2n) is 5.83. The van der Waals surface area contributed by atoms with Crippen LogP contribution in [0, 0.1) is 11.3 Å². The van der Waals surface area contributed by atoms with E-state index in [1.165, 1.54) is 0 Å². The van der Waals surface area contributed by atoms with Crippen molar-refractivity contribution in [1.82, 2.24) is 0 Å². The highest BCUT2D eigenvalue weighted by Crippen LogP contribution is 2.35. The standard InChI is InChI=1S/C14H19NO2/c1-14(2,3)11-7-10-6-9(13(16)17)4-5-12(10)15-8-11/h4-6,11,15H,7-8H2,1-3H3,(H,16,17). The lowest BCUT2D eigenvalue weighted by atomic mass is 9.75. The molecule has 0 fully saturated rings. The molecule has 0 saturated heterocycles. The number of carbonyl (C=O) groups is 1. The van der Waals surface area contributed by atoms with Crippen LogP contribution in [0.5, 0.6) is 0 Å². The fourth-order valence-corrected chi connectivity index (χ4v) is 2.25. The van der Waals surface area contributed by atoms with Gasteiger partial charge in [-0.3, -0.25) is 0 Å². The van der Waals surface area contributed by atoms with E-state index in [-0.39, 0.29) is 5.41 Å². The third kappa shape index (κ3) is 2.43. The van der Waals surface area contributed by atoms with E-state index in [2.05, 4.69) is 26.1 Å². The average Bonchev–Trinajstić information content (AvgIpc) is 2.26. The summed E-state index contributed by atoms with van der Waals surface area (Å²) < 4.78 is 0. The van der Waals surface area contributed by atoms with E-state index in [0.717, 1.165) is 24.2 Å². The number of nitrogens with one attached hydrogen (secondary N) is 1. The molecule has 1 heterocycles. The van der Waals surface area contributed by atoms with Crippen molar-refractivity contribution in [3.05, 3.63) is 29.3 Å². The Hall–Kier alpha value is -1.51. The minimum atomic E-state index is -0.856. The number of anilines is 1. The molecule has 1 aromatic carbocycles. The van der Waals surface area contributed by atoms with Crippen LogP contribution < -0.4 is 5.32 Å². The van der Waals surface area contributed by atoms with Crippen LogP contribution in [0.15, 0.2) is 18.2 Å². The van der Waals surface area contributed by atoms with E-state index in [4.69, 9.17) is 5.11 Å². The SMILES string of the molecule is CC(C)(C)C1CNc2ccc(C(=O)O)cc2C1. The number of hydrogen-bond donors (Lipinski definition) is 2. The molecule has 1 unspecified atom stereocenters. The molecule has 3 heteroatoms. The zero-order valence-corrected chi connectivity index (χ0v) is 10.6. The molecule has 1 aliphatic heterocycles. The number of carboxylic acid groups (broad SMARTS) is 1. The molecule has 1 atom stereocenters. The second kappa shape index (κ2) is 4.06. The maximum absolute atomic E-state index is 10.9. The smallest absolute Gasteiger partial charge is 0.335 e. The normalized spacial score (nSPS) is 19.4. The van der Waals surface area contributed by atoms with Crippen molar-refractivity contribution in [2.75, 3.05) is 11.9 Å². The summed E-state index contributed by atoms with van der Waals surface area (Å²) in [5, 5.41) is 12.4. The van der Waals surface area contributed by atoms with E-state index < -0.39 is 5.97 Å². The Kier molecular flexibility index (Phi) is 2.86. The Bertz CT molecular complexity index is 446. The van der Waals surface area contributed by atoms with Crippen molar-refractivity contribution in [2.24, 2.45) is 11.3 Å². The Morgan fingerprint density at radius 3 is 2.71 bits per heavy atom. The first-order valence-electron chi connectivity index (χ1n) is 5.98. The number of fused-ring (bicyclic) bond motifs is 1. The zero-order valence-electron chi connectivity index (χ0n) is 10.6. The number of hydrogen-bond acceptors (Lipinski definition) is 2. The van der Waals surface area contributed by atoms with Gasteiger partial charge in [-0.05, 0) is 41.5 Å². The van der Waals surface area contributed by atoms with Crippen LogP contribution in [0.2, 0.25) is 0 Å². The molecule has 3 nitrogen and oxygen atoms in total. The topological polar surface area (TPSA) is 49.3 Å². The molecule has 0 bridgehead atoms. The number of aromatic carboxylic acids is 1. The lowest BCUT2D eigenvalue weighted by Crippen LogP contribution is -2.33. The van der Waals surface area contributed by atoms with Gasteiger partial charge in [0.2, 0.25) is 0 Å². The van der Waals surface area contributed by atoms with Gasteiger partial charge >= 0.3 is 5.97 Å². The Morgan fingerprint density at radius 1 is 1.41 bits per heavy atom. The third-order valence-electron chi connectivity index (χ3n) is 3.58. The van der Waals surface area contributed by atoms with Crippen molar-refractivity contribution in [1.29, 1.82) is 0 Å². The van der Waals surface area contributed by atoms with Gasteiger partial charge in [0.1, 0.15) is 0 Å². The number of carboxylic acids is 1. The Balaban J connectivity index is 2.30. The van der Waals surface area contributed by atoms with Crippen molar-refractivity contribution in [3.63, 3.8) is 0 Å². The minimum Gasteiger partial charge on any atom is -0.478 e. The summed E-state index contributed by atoms with van der Waals surface area (Å²) in [4.78, 5) is 10.9. The first-order chi connectivity index (χ1) is 7.88. The highest BCUT2D eigenvalue weighted by atomic mass is 16.4. The highest BCUT2D eigenvalue weighted by molar-refractivity contribution is 5.88. The van der Waals surface area contributed by atoms with Gasteiger partial charge in [-0.15, -0.1) is 0 Å². The van der Waals surface area contributed by atoms with Crippen LogP contribution >= 0.6 is 0 Å². The van der Waals surface area contributed by atoms with Crippen LogP contribution in [-0.2, 0) is 6.42 Å². The number of rotatable bonds is 1. The summed E-state index contributed by atoms with van der Waals surface area (Å²) in [5.41, 5.74) is 2.82. The van der Waals surface area contributed by atoms with E-state index in [0.29, 0.717) is 11.5 Å². The maximum Gasteiger partial charge on any atom is 0.335 e. The van der Waals surface area contributed by atoms with Gasteiger partial charge in [-0.1, -0.05) is 20.8 Å². The Morgan fingerprint density at radius 2 is 2.12 bits per heavy atom. The lowest BCUT2D eigenvalue weighted by Gasteiger charge is -2.35. The van der Waals surface area contributed by atoms with Crippen LogP contribution in [0.1, 0.15) is 36.7 Å². The predicted octanol–water partition coefficient (Wildman–Crippen LogP) is 3.02. The molecule has 2 N–H and O–H groups in total. The largest absolute Gasteiger partial charge is 0.478 e. The van der Waals surface area contributed by atoms with Crippen LogP contribution in [0.3, 0.4) is 0 Å². The molecular weight excluding hydrogens is 214 g/mol. The highest BCUT2D eigenvalue weighted by Gasteiger charge is 2.28. The number of benzene rings is 1. The molecule has 0 spiro atoms. The van der Waals surface area contributed by atoms with Crippen molar-refractivity contribution >= 4 is 11.7 Å². The fourth-order valence-electron chi connectivity index (χ4n) is 2.25. The van der Waals surface area contributed by atoms with Crippen LogP contribution in [-0.4, -0.2) is 17.6 Å². The van der Waals surface area contributed by atoms with Crippen molar-refractivity contribution in [2.45, 2.75) is 27.2 Å². The molecule has 0 amide bonds. The van der Waals surface area contributed by atoms with Crippen molar-refractivity contribution < 1.29 is 9.90 Å². The molecule has 0 aliphatic carbocycles. The van der Waals surface area contributed by atoms with Gasteiger partial charge in [0.05, 0.1) is 5.56 Å². The van der Waals surface area contributed by atoms with E-state index in [9.17, 15) is 4.79 Å².